The minimum atomic E-state index is -0.713. The molecule has 2 radical (unpaired) electrons. The number of hydrogen-bond acceptors (Lipinski definition) is 3. The minimum Gasteiger partial charge on any atom is -0.444 e. The van der Waals surface area contributed by atoms with Crippen molar-refractivity contribution in [2.24, 2.45) is 0 Å². The average Bonchev–Trinajstić information content (AvgIpc) is 1.81. The number of nitrogens with one attached hydrogen (secondary N) is 1. The van der Waals surface area contributed by atoms with Crippen LogP contribution in [0.4, 0.5) is 4.79 Å². The van der Waals surface area contributed by atoms with Gasteiger partial charge in [-0.25, -0.2) is 4.79 Å². The first-order valence-electron chi connectivity index (χ1n) is 4.01. The Morgan fingerprint density at radius 1 is 1.38 bits per heavy atom. The second-order valence-corrected chi connectivity index (χ2v) is 3.77. The first-order valence-corrected chi connectivity index (χ1v) is 4.01. The predicted molar refractivity (Wildman–Crippen MR) is 48.1 cm³/mol. The van der Waals surface area contributed by atoms with Crippen LogP contribution >= 0.6 is 0 Å². The van der Waals surface area contributed by atoms with Crippen LogP contribution in [-0.4, -0.2) is 23.5 Å². The van der Waals surface area contributed by atoms with Gasteiger partial charge in [0.2, 0.25) is 0 Å². The van der Waals surface area contributed by atoms with E-state index in [0.29, 0.717) is 0 Å². The lowest BCUT2D eigenvalue weighted by molar-refractivity contribution is -0.116. The molecule has 0 spiro atoms. The molecule has 1 atom stereocenters. The molecule has 0 aromatic carbocycles. The fraction of sp³-hybridized carbons (Fsp3) is 0.667. The van der Waals surface area contributed by atoms with E-state index in [1.165, 1.54) is 6.92 Å². The van der Waals surface area contributed by atoms with E-state index in [9.17, 15) is 9.59 Å². The Hall–Kier alpha value is -1.06. The number of amides is 1. The predicted octanol–water partition coefficient (Wildman–Crippen LogP) is 1.18. The summed E-state index contributed by atoms with van der Waals surface area (Å²) in [4.78, 5) is 21.6. The maximum absolute atomic E-state index is 11.0. The summed E-state index contributed by atoms with van der Waals surface area (Å²) in [5.41, 5.74) is -0.568. The van der Waals surface area contributed by atoms with Crippen LogP contribution < -0.4 is 5.32 Å². The third kappa shape index (κ3) is 6.13. The largest absolute Gasteiger partial charge is 0.444 e. The summed E-state index contributed by atoms with van der Waals surface area (Å²) in [5, 5.41) is 2.30. The summed E-state index contributed by atoms with van der Waals surface area (Å²) >= 11 is 0. The van der Waals surface area contributed by atoms with Crippen molar-refractivity contribution < 1.29 is 14.3 Å². The lowest BCUT2D eigenvalue weighted by Gasteiger charge is -2.20. The van der Waals surface area contributed by atoms with Crippen LogP contribution in [-0.2, 0) is 9.53 Å². The number of carbonyl (C=O) groups excluding carboxylic acids is 2. The van der Waals surface area contributed by atoms with Crippen molar-refractivity contribution in [3.05, 3.63) is 6.92 Å². The summed E-state index contributed by atoms with van der Waals surface area (Å²) < 4.78 is 4.90. The molecule has 0 aromatic rings. The van der Waals surface area contributed by atoms with Gasteiger partial charge in [-0.3, -0.25) is 4.79 Å². The van der Waals surface area contributed by atoms with Crippen LogP contribution in [0.15, 0.2) is 0 Å². The molecule has 0 aliphatic carbocycles. The highest BCUT2D eigenvalue weighted by atomic mass is 16.6. The third-order valence-electron chi connectivity index (χ3n) is 1.16. The molecule has 0 rings (SSSR count). The first kappa shape index (κ1) is 11.9. The van der Waals surface area contributed by atoms with Crippen molar-refractivity contribution >= 4 is 11.9 Å². The Kier molecular flexibility index (Phi) is 3.91. The zero-order valence-corrected chi connectivity index (χ0v) is 8.38. The van der Waals surface area contributed by atoms with E-state index in [-0.39, 0.29) is 0 Å². The van der Waals surface area contributed by atoms with E-state index < -0.39 is 23.5 Å². The van der Waals surface area contributed by atoms with Crippen LogP contribution in [0.3, 0.4) is 0 Å². The molecular weight excluding hydrogens is 170 g/mol. The van der Waals surface area contributed by atoms with Gasteiger partial charge in [0.05, 0.1) is 6.04 Å². The molecule has 4 heteroatoms. The van der Waals surface area contributed by atoms with Gasteiger partial charge in [-0.05, 0) is 27.7 Å². The quantitative estimate of drug-likeness (QED) is 0.702. The molecule has 0 aromatic heterocycles. The fourth-order valence-corrected chi connectivity index (χ4v) is 0.555. The summed E-state index contributed by atoms with van der Waals surface area (Å²) in [7, 11) is 0. The summed E-state index contributed by atoms with van der Waals surface area (Å²) in [5.74, 6) is -0.592. The topological polar surface area (TPSA) is 55.4 Å². The molecule has 1 N–H and O–H groups in total. The van der Waals surface area contributed by atoms with Gasteiger partial charge in [0.25, 0.3) is 0 Å². The molecule has 0 aliphatic rings. The first-order chi connectivity index (χ1) is 5.72. The number of ketones is 1. The van der Waals surface area contributed by atoms with Gasteiger partial charge >= 0.3 is 6.09 Å². The Labute approximate surface area is 78.6 Å². The van der Waals surface area contributed by atoms with Crippen LogP contribution in [0.1, 0.15) is 27.7 Å². The summed E-state index contributed by atoms with van der Waals surface area (Å²) in [6.07, 6.45) is -0.640. The van der Waals surface area contributed by atoms with Crippen molar-refractivity contribution in [1.82, 2.24) is 5.32 Å². The van der Waals surface area contributed by atoms with Crippen molar-refractivity contribution in [3.8, 4) is 0 Å². The minimum absolute atomic E-state index is 0.568. The third-order valence-corrected chi connectivity index (χ3v) is 1.16. The van der Waals surface area contributed by atoms with Crippen LogP contribution in [0.2, 0.25) is 0 Å². The monoisotopic (exact) mass is 185 g/mol. The van der Waals surface area contributed by atoms with Crippen molar-refractivity contribution in [2.75, 3.05) is 0 Å². The van der Waals surface area contributed by atoms with Gasteiger partial charge in [0.1, 0.15) is 5.60 Å². The van der Waals surface area contributed by atoms with E-state index in [2.05, 4.69) is 5.32 Å². The van der Waals surface area contributed by atoms with Gasteiger partial charge in [0.15, 0.2) is 5.78 Å². The Balaban J connectivity index is 3.96. The lowest BCUT2D eigenvalue weighted by Crippen LogP contribution is -2.40. The summed E-state index contributed by atoms with van der Waals surface area (Å²) in [6.45, 7) is 11.6. The molecule has 0 bridgehead atoms. The van der Waals surface area contributed by atoms with E-state index >= 15 is 0 Å². The normalized spacial score (nSPS) is 13.3. The van der Waals surface area contributed by atoms with Gasteiger partial charge in [-0.1, -0.05) is 0 Å². The van der Waals surface area contributed by atoms with Crippen LogP contribution in [0.5, 0.6) is 0 Å². The highest BCUT2D eigenvalue weighted by Crippen LogP contribution is 2.06. The molecule has 0 heterocycles. The molecule has 0 unspecified atom stereocenters. The Bertz CT molecular complexity index is 205. The standard InChI is InChI=1S/C9H15NO3/c1-6(7(2)11)10-8(12)13-9(3,4)5/h2,6H,1,3-5H3,(H,10,12)/t6-/m1/s1. The molecule has 0 saturated carbocycles. The molecule has 13 heavy (non-hydrogen) atoms. The maximum Gasteiger partial charge on any atom is 0.408 e. The number of alkyl carbamates (subject to hydrolysis) is 1. The van der Waals surface area contributed by atoms with Gasteiger partial charge in [0, 0.05) is 6.92 Å². The van der Waals surface area contributed by atoms with Gasteiger partial charge < -0.3 is 10.1 Å². The molecular formula is C9H15NO3. The Morgan fingerprint density at radius 3 is 2.15 bits per heavy atom. The molecule has 1 amide bonds. The number of hydrogen-bond donors (Lipinski definition) is 1. The zero-order chi connectivity index (χ0) is 10.6. The molecule has 0 fully saturated rings. The zero-order valence-electron chi connectivity index (χ0n) is 8.38. The lowest BCUT2D eigenvalue weighted by atomic mass is 10.2. The maximum atomic E-state index is 11.0. The van der Waals surface area contributed by atoms with E-state index in [4.69, 9.17) is 11.7 Å². The Morgan fingerprint density at radius 2 is 1.85 bits per heavy atom. The highest BCUT2D eigenvalue weighted by Gasteiger charge is 2.18. The van der Waals surface area contributed by atoms with Crippen molar-refractivity contribution in [1.29, 1.82) is 0 Å². The number of carbonyl (C=O) groups is 2. The van der Waals surface area contributed by atoms with Crippen LogP contribution in [0.25, 0.3) is 0 Å². The van der Waals surface area contributed by atoms with E-state index in [1.54, 1.807) is 20.8 Å². The number of ether oxygens (including phenoxy) is 1. The number of rotatable bonds is 2. The second kappa shape index (κ2) is 4.25. The molecule has 0 aliphatic heterocycles. The van der Waals surface area contributed by atoms with Crippen LogP contribution in [0, 0.1) is 6.92 Å². The van der Waals surface area contributed by atoms with E-state index in [1.807, 2.05) is 0 Å². The van der Waals surface area contributed by atoms with E-state index in [0.717, 1.165) is 0 Å². The van der Waals surface area contributed by atoms with Crippen molar-refractivity contribution in [2.45, 2.75) is 39.3 Å². The highest BCUT2D eigenvalue weighted by molar-refractivity contribution is 5.90. The SMILES string of the molecule is [CH]C(=O)[C@@H](C)NC(=O)OC(C)(C)C. The van der Waals surface area contributed by atoms with Crippen molar-refractivity contribution in [3.63, 3.8) is 0 Å². The van der Waals surface area contributed by atoms with Gasteiger partial charge in [-0.2, -0.15) is 0 Å². The molecule has 4 nitrogen and oxygen atoms in total. The van der Waals surface area contributed by atoms with Gasteiger partial charge in [-0.15, -0.1) is 0 Å². The number of Topliss-reactive ketones (excluding diaryl/α,β-unsaturated/α-hetero) is 1. The fourth-order valence-electron chi connectivity index (χ4n) is 0.555. The second-order valence-electron chi connectivity index (χ2n) is 3.77. The smallest absolute Gasteiger partial charge is 0.408 e. The molecule has 0 saturated heterocycles. The summed E-state index contributed by atoms with van der Waals surface area (Å²) in [6, 6.07) is -0.713. The molecule has 74 valence electrons. The average molecular weight is 185 g/mol.